The van der Waals surface area contributed by atoms with E-state index in [0.29, 0.717) is 17.6 Å². The Morgan fingerprint density at radius 2 is 2.00 bits per heavy atom. The number of aromatic hydroxyl groups is 1. The molecule has 0 amide bonds. The van der Waals surface area contributed by atoms with Gasteiger partial charge in [-0.05, 0) is 12.1 Å². The summed E-state index contributed by atoms with van der Waals surface area (Å²) in [5.41, 5.74) is -0.761. The Morgan fingerprint density at radius 1 is 1.28 bits per heavy atom. The van der Waals surface area contributed by atoms with Crippen molar-refractivity contribution in [3.05, 3.63) is 27.7 Å². The molecule has 0 aliphatic carbocycles. The van der Waals surface area contributed by atoms with Crippen LogP contribution in [0.5, 0.6) is 5.75 Å². The fraction of sp³-hybridized carbons (Fsp3) is 0.455. The second-order valence-corrected chi connectivity index (χ2v) is 5.02. The predicted molar refractivity (Wildman–Crippen MR) is 64.4 cm³/mol. The van der Waals surface area contributed by atoms with Crippen LogP contribution in [-0.2, 0) is 6.18 Å². The minimum atomic E-state index is -4.56. The zero-order chi connectivity index (χ0) is 13.3. The van der Waals surface area contributed by atoms with E-state index in [2.05, 4.69) is 26.6 Å². The number of piperazine rings is 1. The highest BCUT2D eigenvalue weighted by atomic mass is 79.9. The number of halogens is 4. The van der Waals surface area contributed by atoms with Gasteiger partial charge in [0.25, 0.3) is 0 Å². The Bertz CT molecular complexity index is 445. The van der Waals surface area contributed by atoms with E-state index in [1.807, 2.05) is 0 Å². The molecule has 1 aromatic carbocycles. The smallest absolute Gasteiger partial charge is 0.420 e. The standard InChI is InChI=1S/C11H12BrF3N2O/c12-6-3-7(9-5-16-1-2-17-9)10(18)8(4-6)11(13,14)15/h3-4,9,16-18H,1-2,5H2/t9-/m0/s1. The maximum Gasteiger partial charge on any atom is 0.420 e. The number of benzene rings is 1. The van der Waals surface area contributed by atoms with Crippen LogP contribution in [0.1, 0.15) is 17.2 Å². The van der Waals surface area contributed by atoms with Crippen molar-refractivity contribution >= 4 is 15.9 Å². The van der Waals surface area contributed by atoms with Crippen LogP contribution in [0.25, 0.3) is 0 Å². The number of nitrogens with one attached hydrogen (secondary N) is 2. The van der Waals surface area contributed by atoms with Gasteiger partial charge < -0.3 is 15.7 Å². The van der Waals surface area contributed by atoms with Crippen LogP contribution in [0.4, 0.5) is 13.2 Å². The Kier molecular flexibility index (Phi) is 3.84. The van der Waals surface area contributed by atoms with Crippen molar-refractivity contribution in [2.75, 3.05) is 19.6 Å². The predicted octanol–water partition coefficient (Wildman–Crippen LogP) is 2.41. The lowest BCUT2D eigenvalue weighted by atomic mass is 10.0. The molecule has 100 valence electrons. The van der Waals surface area contributed by atoms with Gasteiger partial charge in [0.15, 0.2) is 0 Å². The first-order valence-corrected chi connectivity index (χ1v) is 6.22. The topological polar surface area (TPSA) is 44.3 Å². The summed E-state index contributed by atoms with van der Waals surface area (Å²) in [4.78, 5) is 0. The Labute approximate surface area is 111 Å². The first-order chi connectivity index (χ1) is 8.39. The molecule has 1 atom stereocenters. The second kappa shape index (κ2) is 5.07. The summed E-state index contributed by atoms with van der Waals surface area (Å²) in [6, 6.07) is 2.07. The highest BCUT2D eigenvalue weighted by Crippen LogP contribution is 2.41. The van der Waals surface area contributed by atoms with E-state index in [1.165, 1.54) is 6.07 Å². The number of hydrogen-bond acceptors (Lipinski definition) is 3. The third-order valence-corrected chi connectivity index (χ3v) is 3.28. The number of phenolic OH excluding ortho intramolecular Hbond substituents is 1. The first-order valence-electron chi connectivity index (χ1n) is 5.43. The van der Waals surface area contributed by atoms with Gasteiger partial charge in [0.1, 0.15) is 5.75 Å². The monoisotopic (exact) mass is 324 g/mol. The molecular weight excluding hydrogens is 313 g/mol. The van der Waals surface area contributed by atoms with Gasteiger partial charge in [0, 0.05) is 35.7 Å². The minimum absolute atomic E-state index is 0.254. The van der Waals surface area contributed by atoms with Gasteiger partial charge in [0.05, 0.1) is 5.56 Å². The average Bonchev–Trinajstić information content (AvgIpc) is 2.31. The van der Waals surface area contributed by atoms with Crippen LogP contribution in [0.2, 0.25) is 0 Å². The van der Waals surface area contributed by atoms with Gasteiger partial charge in [-0.15, -0.1) is 0 Å². The average molecular weight is 325 g/mol. The van der Waals surface area contributed by atoms with E-state index < -0.39 is 17.5 Å². The summed E-state index contributed by atoms with van der Waals surface area (Å²) in [5.74, 6) is -0.702. The Hall–Kier alpha value is -0.790. The van der Waals surface area contributed by atoms with E-state index in [1.54, 1.807) is 0 Å². The molecular formula is C11H12BrF3N2O. The van der Waals surface area contributed by atoms with Gasteiger partial charge in [-0.1, -0.05) is 15.9 Å². The van der Waals surface area contributed by atoms with Crippen LogP contribution in [-0.4, -0.2) is 24.7 Å². The molecule has 3 nitrogen and oxygen atoms in total. The Morgan fingerprint density at radius 3 is 2.56 bits per heavy atom. The van der Waals surface area contributed by atoms with Crippen molar-refractivity contribution in [2.24, 2.45) is 0 Å². The molecule has 0 saturated carbocycles. The van der Waals surface area contributed by atoms with Gasteiger partial charge >= 0.3 is 6.18 Å². The summed E-state index contributed by atoms with van der Waals surface area (Å²) in [6.45, 7) is 1.90. The molecule has 1 aromatic rings. The number of hydrogen-bond donors (Lipinski definition) is 3. The van der Waals surface area contributed by atoms with E-state index in [0.717, 1.165) is 12.6 Å². The molecule has 0 bridgehead atoms. The van der Waals surface area contributed by atoms with Crippen molar-refractivity contribution in [3.63, 3.8) is 0 Å². The van der Waals surface area contributed by atoms with Crippen molar-refractivity contribution in [1.82, 2.24) is 10.6 Å². The lowest BCUT2D eigenvalue weighted by Gasteiger charge is -2.26. The fourth-order valence-electron chi connectivity index (χ4n) is 1.98. The molecule has 18 heavy (non-hydrogen) atoms. The van der Waals surface area contributed by atoms with Gasteiger partial charge in [-0.25, -0.2) is 0 Å². The van der Waals surface area contributed by atoms with Crippen LogP contribution in [0.3, 0.4) is 0 Å². The maximum absolute atomic E-state index is 12.8. The van der Waals surface area contributed by atoms with Crippen LogP contribution >= 0.6 is 15.9 Å². The van der Waals surface area contributed by atoms with Crippen molar-refractivity contribution in [3.8, 4) is 5.75 Å². The second-order valence-electron chi connectivity index (χ2n) is 4.10. The number of phenols is 1. The third kappa shape index (κ3) is 2.78. The van der Waals surface area contributed by atoms with Gasteiger partial charge in [0.2, 0.25) is 0 Å². The molecule has 1 heterocycles. The van der Waals surface area contributed by atoms with Crippen molar-refractivity contribution in [1.29, 1.82) is 0 Å². The van der Waals surface area contributed by atoms with E-state index in [9.17, 15) is 18.3 Å². The fourth-order valence-corrected chi connectivity index (χ4v) is 2.45. The minimum Gasteiger partial charge on any atom is -0.507 e. The summed E-state index contributed by atoms with van der Waals surface area (Å²) in [6.07, 6.45) is -4.56. The first kappa shape index (κ1) is 13.6. The molecule has 1 saturated heterocycles. The molecule has 1 fully saturated rings. The molecule has 2 rings (SSSR count). The lowest BCUT2D eigenvalue weighted by molar-refractivity contribution is -0.138. The highest BCUT2D eigenvalue weighted by molar-refractivity contribution is 9.10. The molecule has 0 spiro atoms. The summed E-state index contributed by atoms with van der Waals surface area (Å²) in [5, 5.41) is 15.9. The molecule has 0 radical (unpaired) electrons. The quantitative estimate of drug-likeness (QED) is 0.743. The number of alkyl halides is 3. The van der Waals surface area contributed by atoms with Crippen molar-refractivity contribution in [2.45, 2.75) is 12.2 Å². The molecule has 0 unspecified atom stereocenters. The summed E-state index contributed by atoms with van der Waals surface area (Å²) in [7, 11) is 0. The maximum atomic E-state index is 12.8. The SMILES string of the molecule is Oc1c([C@@H]2CNCCN2)cc(Br)cc1C(F)(F)F. The summed E-state index contributed by atoms with van der Waals surface area (Å²) >= 11 is 3.05. The normalized spacial score (nSPS) is 21.0. The van der Waals surface area contributed by atoms with Gasteiger partial charge in [-0.2, -0.15) is 13.2 Å². The third-order valence-electron chi connectivity index (χ3n) is 2.83. The molecule has 1 aliphatic heterocycles. The van der Waals surface area contributed by atoms with Crippen LogP contribution in [0.15, 0.2) is 16.6 Å². The van der Waals surface area contributed by atoms with Gasteiger partial charge in [-0.3, -0.25) is 0 Å². The van der Waals surface area contributed by atoms with E-state index in [-0.39, 0.29) is 11.6 Å². The van der Waals surface area contributed by atoms with E-state index in [4.69, 9.17) is 0 Å². The largest absolute Gasteiger partial charge is 0.507 e. The molecule has 0 aromatic heterocycles. The van der Waals surface area contributed by atoms with Crippen LogP contribution in [0, 0.1) is 0 Å². The zero-order valence-corrected chi connectivity index (χ0v) is 10.9. The number of rotatable bonds is 1. The Balaban J connectivity index is 2.44. The highest BCUT2D eigenvalue weighted by Gasteiger charge is 2.36. The van der Waals surface area contributed by atoms with E-state index >= 15 is 0 Å². The van der Waals surface area contributed by atoms with Crippen LogP contribution < -0.4 is 10.6 Å². The van der Waals surface area contributed by atoms with Crippen molar-refractivity contribution < 1.29 is 18.3 Å². The molecule has 1 aliphatic rings. The molecule has 7 heteroatoms. The summed E-state index contributed by atoms with van der Waals surface area (Å²) < 4.78 is 38.6. The zero-order valence-electron chi connectivity index (χ0n) is 9.31. The lowest BCUT2D eigenvalue weighted by Crippen LogP contribution is -2.42. The molecule has 3 N–H and O–H groups in total.